The standard InChI is InChI=1S/C43H60N3O14S2Si/c1-53-39(48)33(15-9-17-37-55-22-23-56-37)19-20-36(47)34(44-41(50)59-29-31-11-5-3-6-12-31)21-26-61-62-27-28-63(46-42(51)60-30-32-13-7-4-8-14-32)43(52)45-35(40(49)54-2)16-10-18-38-57-24-25-58-38/h3-8,11-14,33-35,37-38H,9-10,15-30H2,1-2H3,(H,44,50)(H,45,52)(H,46,51)/t33-,34+,35+/m1/s1. The maximum absolute atomic E-state index is 13.7. The van der Waals surface area contributed by atoms with E-state index in [0.29, 0.717) is 70.0 Å². The third-order valence-corrected chi connectivity index (χ3v) is 14.8. The van der Waals surface area contributed by atoms with Crippen molar-refractivity contribution in [3.8, 4) is 0 Å². The van der Waals surface area contributed by atoms with Crippen LogP contribution in [0.3, 0.4) is 0 Å². The zero-order valence-corrected chi connectivity index (χ0v) is 38.6. The second-order valence-corrected chi connectivity index (χ2v) is 19.4. The number of rotatable bonds is 29. The first-order valence-corrected chi connectivity index (χ1v) is 25.4. The maximum atomic E-state index is 13.7. The molecule has 2 saturated heterocycles. The van der Waals surface area contributed by atoms with E-state index in [0.717, 1.165) is 11.1 Å². The van der Waals surface area contributed by atoms with Crippen molar-refractivity contribution in [1.82, 2.24) is 15.6 Å². The zero-order chi connectivity index (χ0) is 45.1. The molecule has 20 heteroatoms. The van der Waals surface area contributed by atoms with E-state index in [4.69, 9.17) is 37.9 Å². The van der Waals surface area contributed by atoms with Gasteiger partial charge in [-0.3, -0.25) is 14.4 Å². The van der Waals surface area contributed by atoms with Crippen molar-refractivity contribution < 1.29 is 66.7 Å². The van der Waals surface area contributed by atoms with Crippen LogP contribution in [0.1, 0.15) is 68.9 Å². The first kappa shape index (κ1) is 51.5. The molecule has 0 unspecified atom stereocenters. The van der Waals surface area contributed by atoms with Crippen molar-refractivity contribution in [2.45, 2.75) is 102 Å². The van der Waals surface area contributed by atoms with Crippen LogP contribution in [0.2, 0.25) is 6.04 Å². The zero-order valence-electron chi connectivity index (χ0n) is 35.9. The summed E-state index contributed by atoms with van der Waals surface area (Å²) >= 11 is 0. The number of nitrogens with one attached hydrogen (secondary N) is 3. The fourth-order valence-electron chi connectivity index (χ4n) is 6.60. The van der Waals surface area contributed by atoms with Crippen LogP contribution in [0.4, 0.5) is 14.4 Å². The van der Waals surface area contributed by atoms with Crippen LogP contribution in [0, 0.1) is 5.92 Å². The number of Topliss-reactive ketones (excluding diaryl/α,β-unsaturated/α-hetero) is 1. The van der Waals surface area contributed by atoms with E-state index in [9.17, 15) is 28.8 Å². The summed E-state index contributed by atoms with van der Waals surface area (Å²) in [6.45, 7) is 2.10. The lowest BCUT2D eigenvalue weighted by Gasteiger charge is -2.21. The van der Waals surface area contributed by atoms with Crippen molar-refractivity contribution in [3.05, 3.63) is 71.8 Å². The van der Waals surface area contributed by atoms with Crippen LogP contribution in [0.25, 0.3) is 0 Å². The molecule has 2 aromatic rings. The van der Waals surface area contributed by atoms with E-state index in [2.05, 4.69) is 15.6 Å². The summed E-state index contributed by atoms with van der Waals surface area (Å²) in [6.07, 6.45) is 1.45. The number of hydrogen-bond donors (Lipinski definition) is 3. The molecule has 17 nitrogen and oxygen atoms in total. The van der Waals surface area contributed by atoms with Gasteiger partial charge >= 0.3 is 24.1 Å². The van der Waals surface area contributed by atoms with E-state index >= 15 is 0 Å². The monoisotopic (exact) mass is 934 g/mol. The van der Waals surface area contributed by atoms with Gasteiger partial charge in [0.1, 0.15) is 19.3 Å². The fourth-order valence-corrected chi connectivity index (χ4v) is 11.2. The van der Waals surface area contributed by atoms with Gasteiger partial charge in [0, 0.05) is 17.9 Å². The van der Waals surface area contributed by atoms with E-state index in [1.54, 1.807) is 0 Å². The number of amides is 3. The molecule has 63 heavy (non-hydrogen) atoms. The topological polar surface area (TPSA) is 212 Å². The maximum Gasteiger partial charge on any atom is 0.408 e. The molecule has 3 atom stereocenters. The van der Waals surface area contributed by atoms with Gasteiger partial charge < -0.3 is 53.5 Å². The van der Waals surface area contributed by atoms with Crippen LogP contribution in [-0.2, 0) is 65.5 Å². The smallest absolute Gasteiger partial charge is 0.408 e. The van der Waals surface area contributed by atoms with Gasteiger partial charge in [0.05, 0.1) is 52.6 Å². The lowest BCUT2D eigenvalue weighted by molar-refractivity contribution is -0.146. The summed E-state index contributed by atoms with van der Waals surface area (Å²) in [5, 5.41) is 5.50. The molecule has 2 fully saturated rings. The summed E-state index contributed by atoms with van der Waals surface area (Å²) in [4.78, 5) is 81.3. The highest BCUT2D eigenvalue weighted by atomic mass is 33.1. The van der Waals surface area contributed by atoms with Gasteiger partial charge in [0.2, 0.25) is 5.53 Å². The van der Waals surface area contributed by atoms with Crippen molar-refractivity contribution >= 4 is 66.0 Å². The van der Waals surface area contributed by atoms with E-state index in [1.807, 2.05) is 60.7 Å². The third-order valence-electron chi connectivity index (χ3n) is 10.0. The van der Waals surface area contributed by atoms with Crippen LogP contribution < -0.4 is 15.6 Å². The van der Waals surface area contributed by atoms with Crippen molar-refractivity contribution in [2.24, 2.45) is 5.92 Å². The second kappa shape index (κ2) is 30.0. The molecule has 2 aliphatic heterocycles. The summed E-state index contributed by atoms with van der Waals surface area (Å²) in [6, 6.07) is 16.7. The minimum atomic E-state index is -2.34. The normalized spacial score (nSPS) is 15.5. The van der Waals surface area contributed by atoms with Crippen LogP contribution in [0.15, 0.2) is 60.7 Å². The molecule has 2 aromatic carbocycles. The molecule has 3 N–H and O–H groups in total. The van der Waals surface area contributed by atoms with Crippen LogP contribution >= 0.6 is 21.6 Å². The van der Waals surface area contributed by atoms with Gasteiger partial charge in [-0.15, -0.1) is 0 Å². The predicted molar refractivity (Wildman–Crippen MR) is 237 cm³/mol. The Morgan fingerprint density at radius 1 is 0.651 bits per heavy atom. The largest absolute Gasteiger partial charge is 0.469 e. The summed E-state index contributed by atoms with van der Waals surface area (Å²) < 4.78 is 42.8. The van der Waals surface area contributed by atoms with Gasteiger partial charge in [0.15, 0.2) is 18.4 Å². The highest BCUT2D eigenvalue weighted by Gasteiger charge is 2.31. The predicted octanol–water partition coefficient (Wildman–Crippen LogP) is 6.03. The quantitative estimate of drug-likeness (QED) is 0.0279. The molecular formula is C43H60N3O14S2Si. The molecule has 0 spiro atoms. The van der Waals surface area contributed by atoms with Crippen molar-refractivity contribution in [1.29, 1.82) is 0 Å². The SMILES string of the molecule is COC(=O)[C@H](CCCC1OCCO1)CCC(=O)[C@H](CCSSCC[Si](NC(=O)OCc1ccccc1)C(=O)N[C@@H](CCCC1OCCO1)C(=O)OC)NC(=O)OCc1ccccc1. The molecule has 0 aromatic heterocycles. The van der Waals surface area contributed by atoms with Crippen molar-refractivity contribution in [2.75, 3.05) is 52.2 Å². The fraction of sp³-hybridized carbons (Fsp3) is 0.581. The van der Waals surface area contributed by atoms with E-state index < -0.39 is 56.6 Å². The second-order valence-electron chi connectivity index (χ2n) is 14.6. The number of esters is 2. The Balaban J connectivity index is 1.32. The Labute approximate surface area is 378 Å². The molecule has 4 rings (SSSR count). The third kappa shape index (κ3) is 20.5. The Kier molecular flexibility index (Phi) is 24.5. The molecule has 347 valence electrons. The number of hydrogen-bond acceptors (Lipinski definition) is 16. The minimum Gasteiger partial charge on any atom is -0.469 e. The number of alkyl carbamates (subject to hydrolysis) is 1. The molecule has 1 radical (unpaired) electrons. The number of ether oxygens (including phenoxy) is 8. The summed E-state index contributed by atoms with van der Waals surface area (Å²) in [5.74, 6) is -0.931. The van der Waals surface area contributed by atoms with E-state index in [-0.39, 0.29) is 63.3 Å². The van der Waals surface area contributed by atoms with Gasteiger partial charge in [-0.2, -0.15) is 0 Å². The minimum absolute atomic E-state index is 0.00643. The first-order valence-electron chi connectivity index (χ1n) is 21.2. The molecule has 0 aliphatic carbocycles. The summed E-state index contributed by atoms with van der Waals surface area (Å²) in [5.41, 5.74) is 1.08. The Morgan fingerprint density at radius 2 is 1.19 bits per heavy atom. The number of benzene rings is 2. The van der Waals surface area contributed by atoms with E-state index in [1.165, 1.54) is 35.8 Å². The molecule has 2 heterocycles. The Bertz CT molecular complexity index is 1690. The van der Waals surface area contributed by atoms with Gasteiger partial charge in [-0.1, -0.05) is 82.3 Å². The molecule has 0 bridgehead atoms. The Morgan fingerprint density at radius 3 is 1.76 bits per heavy atom. The lowest BCUT2D eigenvalue weighted by atomic mass is 9.93. The Hall–Kier alpha value is -4.18. The van der Waals surface area contributed by atoms with Crippen LogP contribution in [0.5, 0.6) is 0 Å². The average Bonchev–Trinajstić information content (AvgIpc) is 4.04. The molecule has 3 amide bonds. The number of carbonyl (C=O) groups excluding carboxylic acids is 6. The highest BCUT2D eigenvalue weighted by molar-refractivity contribution is 8.76. The molecule has 2 aliphatic rings. The van der Waals surface area contributed by atoms with Gasteiger partial charge in [-0.05, 0) is 68.5 Å². The summed E-state index contributed by atoms with van der Waals surface area (Å²) in [7, 11) is 3.09. The molecular weight excluding hydrogens is 875 g/mol. The number of methoxy groups -OCH3 is 2. The number of ketones is 1. The number of carbonyl (C=O) groups is 6. The van der Waals surface area contributed by atoms with Crippen LogP contribution in [-0.4, -0.2) is 121 Å². The average molecular weight is 935 g/mol. The van der Waals surface area contributed by atoms with Crippen molar-refractivity contribution in [3.63, 3.8) is 0 Å². The van der Waals surface area contributed by atoms with Gasteiger partial charge in [0.25, 0.3) is 8.96 Å². The molecule has 0 saturated carbocycles. The lowest BCUT2D eigenvalue weighted by Crippen LogP contribution is -2.54. The highest BCUT2D eigenvalue weighted by Crippen LogP contribution is 2.26. The van der Waals surface area contributed by atoms with Gasteiger partial charge in [-0.25, -0.2) is 14.4 Å². The first-order chi connectivity index (χ1) is 30.6.